The Bertz CT molecular complexity index is 467. The van der Waals surface area contributed by atoms with E-state index in [-0.39, 0.29) is 0 Å². The number of furan rings is 1. The lowest BCUT2D eigenvalue weighted by atomic mass is 10.2. The SMILES string of the molecule is CC(Cc1ccco1)NCCOc1ccc(Br)cc1. The van der Waals surface area contributed by atoms with Crippen molar-refractivity contribution in [1.82, 2.24) is 5.32 Å². The first-order chi connectivity index (χ1) is 9.24. The Kier molecular flexibility index (Phi) is 5.48. The summed E-state index contributed by atoms with van der Waals surface area (Å²) in [5.41, 5.74) is 0. The standard InChI is InChI=1S/C15H18BrNO2/c1-12(11-15-3-2-9-18-15)17-8-10-19-14-6-4-13(16)5-7-14/h2-7,9,12,17H,8,10-11H2,1H3. The molecule has 0 saturated heterocycles. The minimum absolute atomic E-state index is 0.375. The predicted octanol–water partition coefficient (Wildman–Crippen LogP) is 3.64. The topological polar surface area (TPSA) is 34.4 Å². The largest absolute Gasteiger partial charge is 0.492 e. The molecule has 4 heteroatoms. The van der Waals surface area contributed by atoms with E-state index in [0.29, 0.717) is 12.6 Å². The van der Waals surface area contributed by atoms with Crippen LogP contribution in [0.3, 0.4) is 0 Å². The van der Waals surface area contributed by atoms with Crippen molar-refractivity contribution in [2.75, 3.05) is 13.2 Å². The van der Waals surface area contributed by atoms with Gasteiger partial charge in [-0.15, -0.1) is 0 Å². The summed E-state index contributed by atoms with van der Waals surface area (Å²) in [6.07, 6.45) is 2.60. The van der Waals surface area contributed by atoms with Gasteiger partial charge in [-0.3, -0.25) is 0 Å². The van der Waals surface area contributed by atoms with E-state index in [0.717, 1.165) is 28.9 Å². The van der Waals surface area contributed by atoms with E-state index in [2.05, 4.69) is 28.2 Å². The number of benzene rings is 1. The molecule has 2 rings (SSSR count). The number of halogens is 1. The molecule has 1 atom stereocenters. The number of nitrogens with one attached hydrogen (secondary N) is 1. The lowest BCUT2D eigenvalue weighted by Crippen LogP contribution is -2.31. The molecule has 0 spiro atoms. The summed E-state index contributed by atoms with van der Waals surface area (Å²) in [4.78, 5) is 0. The fraction of sp³-hybridized carbons (Fsp3) is 0.333. The van der Waals surface area contributed by atoms with Crippen molar-refractivity contribution >= 4 is 15.9 Å². The highest BCUT2D eigenvalue weighted by Gasteiger charge is 2.04. The molecular formula is C15H18BrNO2. The second kappa shape index (κ2) is 7.36. The molecule has 2 aromatic rings. The summed E-state index contributed by atoms with van der Waals surface area (Å²) < 4.78 is 12.0. The molecular weight excluding hydrogens is 306 g/mol. The van der Waals surface area contributed by atoms with Crippen LogP contribution < -0.4 is 10.1 Å². The molecule has 0 saturated carbocycles. The van der Waals surface area contributed by atoms with Gasteiger partial charge in [-0.1, -0.05) is 15.9 Å². The van der Waals surface area contributed by atoms with Crippen LogP contribution in [0.1, 0.15) is 12.7 Å². The van der Waals surface area contributed by atoms with Gasteiger partial charge in [-0.2, -0.15) is 0 Å². The van der Waals surface area contributed by atoms with Crippen molar-refractivity contribution in [1.29, 1.82) is 0 Å². The predicted molar refractivity (Wildman–Crippen MR) is 79.5 cm³/mol. The molecule has 1 unspecified atom stereocenters. The molecule has 1 N–H and O–H groups in total. The Hall–Kier alpha value is -1.26. The molecule has 0 bridgehead atoms. The van der Waals surface area contributed by atoms with E-state index in [1.54, 1.807) is 6.26 Å². The molecule has 0 radical (unpaired) electrons. The minimum Gasteiger partial charge on any atom is -0.492 e. The second-order valence-electron chi connectivity index (χ2n) is 4.44. The highest BCUT2D eigenvalue weighted by molar-refractivity contribution is 9.10. The van der Waals surface area contributed by atoms with Crippen LogP contribution in [0.25, 0.3) is 0 Å². The van der Waals surface area contributed by atoms with Gasteiger partial charge in [-0.05, 0) is 43.3 Å². The van der Waals surface area contributed by atoms with E-state index >= 15 is 0 Å². The summed E-state index contributed by atoms with van der Waals surface area (Å²) >= 11 is 3.40. The Morgan fingerprint density at radius 3 is 2.74 bits per heavy atom. The lowest BCUT2D eigenvalue weighted by Gasteiger charge is -2.13. The summed E-state index contributed by atoms with van der Waals surface area (Å²) in [7, 11) is 0. The molecule has 19 heavy (non-hydrogen) atoms. The minimum atomic E-state index is 0.375. The van der Waals surface area contributed by atoms with Crippen LogP contribution in [-0.4, -0.2) is 19.2 Å². The van der Waals surface area contributed by atoms with Crippen molar-refractivity contribution in [2.45, 2.75) is 19.4 Å². The van der Waals surface area contributed by atoms with E-state index in [4.69, 9.17) is 9.15 Å². The van der Waals surface area contributed by atoms with Crippen LogP contribution in [-0.2, 0) is 6.42 Å². The number of rotatable bonds is 7. The van der Waals surface area contributed by atoms with Crippen LogP contribution in [0.5, 0.6) is 5.75 Å². The zero-order valence-electron chi connectivity index (χ0n) is 10.9. The molecule has 1 heterocycles. The molecule has 0 aliphatic rings. The number of hydrogen-bond acceptors (Lipinski definition) is 3. The molecule has 0 aliphatic carbocycles. The fourth-order valence-corrected chi connectivity index (χ4v) is 2.07. The first-order valence-corrected chi connectivity index (χ1v) is 7.17. The Morgan fingerprint density at radius 1 is 1.26 bits per heavy atom. The summed E-state index contributed by atoms with van der Waals surface area (Å²) in [6, 6.07) is 12.1. The van der Waals surface area contributed by atoms with Crippen molar-refractivity contribution in [3.05, 3.63) is 52.9 Å². The second-order valence-corrected chi connectivity index (χ2v) is 5.36. The Morgan fingerprint density at radius 2 is 2.05 bits per heavy atom. The van der Waals surface area contributed by atoms with Crippen LogP contribution in [0, 0.1) is 0 Å². The van der Waals surface area contributed by atoms with E-state index in [1.165, 1.54) is 0 Å². The van der Waals surface area contributed by atoms with Gasteiger partial charge in [0.25, 0.3) is 0 Å². The fourth-order valence-electron chi connectivity index (χ4n) is 1.81. The van der Waals surface area contributed by atoms with Gasteiger partial charge in [0.05, 0.1) is 6.26 Å². The van der Waals surface area contributed by atoms with Crippen LogP contribution in [0.4, 0.5) is 0 Å². The van der Waals surface area contributed by atoms with E-state index in [9.17, 15) is 0 Å². The quantitative estimate of drug-likeness (QED) is 0.790. The van der Waals surface area contributed by atoms with Crippen molar-refractivity contribution in [3.8, 4) is 5.75 Å². The smallest absolute Gasteiger partial charge is 0.119 e. The van der Waals surface area contributed by atoms with Crippen LogP contribution in [0.15, 0.2) is 51.6 Å². The van der Waals surface area contributed by atoms with Gasteiger partial charge < -0.3 is 14.5 Å². The average molecular weight is 324 g/mol. The first-order valence-electron chi connectivity index (χ1n) is 6.38. The van der Waals surface area contributed by atoms with Gasteiger partial charge in [0, 0.05) is 23.5 Å². The lowest BCUT2D eigenvalue weighted by molar-refractivity contribution is 0.305. The molecule has 102 valence electrons. The number of hydrogen-bond donors (Lipinski definition) is 1. The maximum absolute atomic E-state index is 5.64. The summed E-state index contributed by atoms with van der Waals surface area (Å²) in [5, 5.41) is 3.41. The van der Waals surface area contributed by atoms with Gasteiger partial charge in [0.2, 0.25) is 0 Å². The van der Waals surface area contributed by atoms with Crippen LogP contribution in [0.2, 0.25) is 0 Å². The zero-order valence-corrected chi connectivity index (χ0v) is 12.5. The normalized spacial score (nSPS) is 12.3. The third-order valence-corrected chi connectivity index (χ3v) is 3.29. The van der Waals surface area contributed by atoms with Gasteiger partial charge in [0.1, 0.15) is 18.1 Å². The maximum atomic E-state index is 5.64. The zero-order chi connectivity index (χ0) is 13.5. The van der Waals surface area contributed by atoms with Crippen molar-refractivity contribution in [3.63, 3.8) is 0 Å². The van der Waals surface area contributed by atoms with E-state index in [1.807, 2.05) is 36.4 Å². The Balaban J connectivity index is 1.62. The third kappa shape index (κ3) is 5.09. The highest BCUT2D eigenvalue weighted by atomic mass is 79.9. The van der Waals surface area contributed by atoms with Gasteiger partial charge in [-0.25, -0.2) is 0 Å². The summed E-state index contributed by atoms with van der Waals surface area (Å²) in [5.74, 6) is 1.90. The first kappa shape index (κ1) is 14.2. The molecule has 0 aliphatic heterocycles. The van der Waals surface area contributed by atoms with Gasteiger partial charge in [0.15, 0.2) is 0 Å². The molecule has 1 aromatic carbocycles. The monoisotopic (exact) mass is 323 g/mol. The van der Waals surface area contributed by atoms with E-state index < -0.39 is 0 Å². The Labute approximate surface area is 122 Å². The maximum Gasteiger partial charge on any atom is 0.119 e. The molecule has 1 aromatic heterocycles. The molecule has 0 amide bonds. The number of ether oxygens (including phenoxy) is 1. The third-order valence-electron chi connectivity index (χ3n) is 2.76. The van der Waals surface area contributed by atoms with Crippen molar-refractivity contribution < 1.29 is 9.15 Å². The highest BCUT2D eigenvalue weighted by Crippen LogP contribution is 2.15. The molecule has 3 nitrogen and oxygen atoms in total. The summed E-state index contributed by atoms with van der Waals surface area (Å²) in [6.45, 7) is 3.62. The average Bonchev–Trinajstić information content (AvgIpc) is 2.89. The van der Waals surface area contributed by atoms with Gasteiger partial charge >= 0.3 is 0 Å². The van der Waals surface area contributed by atoms with Crippen LogP contribution >= 0.6 is 15.9 Å². The molecule has 0 fully saturated rings. The van der Waals surface area contributed by atoms with Crippen molar-refractivity contribution in [2.24, 2.45) is 0 Å².